The molecule has 1 heterocycles. The minimum atomic E-state index is -3.68. The van der Waals surface area contributed by atoms with Crippen LogP contribution < -0.4 is 9.46 Å². The highest BCUT2D eigenvalue weighted by Gasteiger charge is 2.34. The van der Waals surface area contributed by atoms with Crippen LogP contribution >= 0.6 is 0 Å². The standard InChI is InChI=1S/C20H22N2O4S/c1-26-18-6-8-19(9-7-18)27(24,25)21-17-5-4-14-10-11-22(13-16(14)12-17)20(23)15-2-3-15/h4-9,12,15,21H,2-3,10-11,13H2,1H3. The Bertz CT molecular complexity index is 966. The van der Waals surface area contributed by atoms with E-state index >= 15 is 0 Å². The maximum Gasteiger partial charge on any atom is 0.261 e. The van der Waals surface area contributed by atoms with Crippen LogP contribution in [0.5, 0.6) is 5.75 Å². The lowest BCUT2D eigenvalue weighted by Crippen LogP contribution is -2.36. The van der Waals surface area contributed by atoms with Crippen molar-refractivity contribution in [1.29, 1.82) is 0 Å². The van der Waals surface area contributed by atoms with Crippen LogP contribution in [0.4, 0.5) is 5.69 Å². The summed E-state index contributed by atoms with van der Waals surface area (Å²) in [5.74, 6) is 1.02. The molecule has 1 fully saturated rings. The highest BCUT2D eigenvalue weighted by Crippen LogP contribution is 2.33. The molecule has 1 N–H and O–H groups in total. The topological polar surface area (TPSA) is 75.7 Å². The molecule has 0 bridgehead atoms. The molecule has 6 nitrogen and oxygen atoms in total. The van der Waals surface area contributed by atoms with Crippen molar-refractivity contribution in [2.75, 3.05) is 18.4 Å². The van der Waals surface area contributed by atoms with Gasteiger partial charge in [-0.05, 0) is 66.8 Å². The molecule has 0 radical (unpaired) electrons. The number of carbonyl (C=O) groups is 1. The van der Waals surface area contributed by atoms with Crippen molar-refractivity contribution in [2.45, 2.75) is 30.7 Å². The maximum absolute atomic E-state index is 12.6. The van der Waals surface area contributed by atoms with Crippen LogP contribution in [0.1, 0.15) is 24.0 Å². The van der Waals surface area contributed by atoms with Crippen LogP contribution in [0, 0.1) is 5.92 Å². The molecule has 2 aromatic carbocycles. The maximum atomic E-state index is 12.6. The molecule has 0 unspecified atom stereocenters. The van der Waals surface area contributed by atoms with E-state index in [1.807, 2.05) is 17.0 Å². The van der Waals surface area contributed by atoms with Gasteiger partial charge >= 0.3 is 0 Å². The Morgan fingerprint density at radius 2 is 1.85 bits per heavy atom. The van der Waals surface area contributed by atoms with Crippen molar-refractivity contribution in [3.8, 4) is 5.75 Å². The van der Waals surface area contributed by atoms with E-state index in [0.717, 1.165) is 31.4 Å². The smallest absolute Gasteiger partial charge is 0.261 e. The van der Waals surface area contributed by atoms with Gasteiger partial charge in [0.1, 0.15) is 5.75 Å². The quantitative estimate of drug-likeness (QED) is 0.857. The normalized spacial score (nSPS) is 16.6. The van der Waals surface area contributed by atoms with Crippen LogP contribution in [0.2, 0.25) is 0 Å². The number of methoxy groups -OCH3 is 1. The summed E-state index contributed by atoms with van der Waals surface area (Å²) in [6, 6.07) is 11.8. The summed E-state index contributed by atoms with van der Waals surface area (Å²) in [6.07, 6.45) is 2.78. The lowest BCUT2D eigenvalue weighted by atomic mass is 9.99. The zero-order chi connectivity index (χ0) is 19.0. The van der Waals surface area contributed by atoms with E-state index in [0.29, 0.717) is 18.0 Å². The fourth-order valence-corrected chi connectivity index (χ4v) is 4.42. The van der Waals surface area contributed by atoms with E-state index < -0.39 is 10.0 Å². The molecule has 1 saturated carbocycles. The zero-order valence-electron chi connectivity index (χ0n) is 15.1. The fraction of sp³-hybridized carbons (Fsp3) is 0.350. The largest absolute Gasteiger partial charge is 0.497 e. The lowest BCUT2D eigenvalue weighted by molar-refractivity contribution is -0.133. The van der Waals surface area contributed by atoms with Gasteiger partial charge in [-0.15, -0.1) is 0 Å². The van der Waals surface area contributed by atoms with E-state index in [1.165, 1.54) is 24.8 Å². The van der Waals surface area contributed by atoms with Crippen molar-refractivity contribution in [1.82, 2.24) is 4.90 Å². The molecule has 1 aliphatic carbocycles. The van der Waals surface area contributed by atoms with Gasteiger partial charge in [-0.3, -0.25) is 9.52 Å². The van der Waals surface area contributed by atoms with Crippen LogP contribution in [0.25, 0.3) is 0 Å². The molecule has 0 spiro atoms. The van der Waals surface area contributed by atoms with Gasteiger partial charge in [0.2, 0.25) is 5.91 Å². The monoisotopic (exact) mass is 386 g/mol. The van der Waals surface area contributed by atoms with E-state index in [4.69, 9.17) is 4.74 Å². The number of hydrogen-bond acceptors (Lipinski definition) is 4. The number of hydrogen-bond donors (Lipinski definition) is 1. The first-order valence-electron chi connectivity index (χ1n) is 9.04. The molecule has 142 valence electrons. The number of nitrogens with one attached hydrogen (secondary N) is 1. The van der Waals surface area contributed by atoms with Crippen molar-refractivity contribution >= 4 is 21.6 Å². The van der Waals surface area contributed by atoms with Gasteiger partial charge in [0.15, 0.2) is 0 Å². The highest BCUT2D eigenvalue weighted by molar-refractivity contribution is 7.92. The second kappa shape index (κ2) is 6.88. The third-order valence-corrected chi connectivity index (χ3v) is 6.48. The Labute approximate surface area is 159 Å². The second-order valence-corrected chi connectivity index (χ2v) is 8.73. The highest BCUT2D eigenvalue weighted by atomic mass is 32.2. The molecule has 0 atom stereocenters. The van der Waals surface area contributed by atoms with Crippen LogP contribution in [-0.2, 0) is 27.8 Å². The molecular weight excluding hydrogens is 364 g/mol. The molecule has 0 saturated heterocycles. The molecule has 2 aromatic rings. The van der Waals surface area contributed by atoms with Gasteiger partial charge in [-0.25, -0.2) is 8.42 Å². The minimum absolute atomic E-state index is 0.173. The Morgan fingerprint density at radius 1 is 1.11 bits per heavy atom. The number of anilines is 1. The lowest BCUT2D eigenvalue weighted by Gasteiger charge is -2.29. The van der Waals surface area contributed by atoms with E-state index in [1.54, 1.807) is 18.2 Å². The fourth-order valence-electron chi connectivity index (χ4n) is 3.37. The van der Waals surface area contributed by atoms with Gasteiger partial charge in [0.25, 0.3) is 10.0 Å². The van der Waals surface area contributed by atoms with E-state index in [9.17, 15) is 13.2 Å². The minimum Gasteiger partial charge on any atom is -0.497 e. The number of benzene rings is 2. The number of amides is 1. The molecule has 4 rings (SSSR count). The van der Waals surface area contributed by atoms with Crippen molar-refractivity contribution in [2.24, 2.45) is 5.92 Å². The van der Waals surface area contributed by atoms with Crippen molar-refractivity contribution in [3.05, 3.63) is 53.6 Å². The third kappa shape index (κ3) is 3.78. The molecule has 0 aromatic heterocycles. The predicted octanol–water partition coefficient (Wildman–Crippen LogP) is 2.79. The van der Waals surface area contributed by atoms with Gasteiger partial charge in [-0.1, -0.05) is 6.07 Å². The summed E-state index contributed by atoms with van der Waals surface area (Å²) in [7, 11) is -2.15. The summed E-state index contributed by atoms with van der Waals surface area (Å²) in [5, 5.41) is 0. The third-order valence-electron chi connectivity index (χ3n) is 5.08. The summed E-state index contributed by atoms with van der Waals surface area (Å²) < 4.78 is 32.9. The molecule has 2 aliphatic rings. The average molecular weight is 386 g/mol. The van der Waals surface area contributed by atoms with Gasteiger partial charge < -0.3 is 9.64 Å². The Hall–Kier alpha value is -2.54. The van der Waals surface area contributed by atoms with Crippen molar-refractivity contribution < 1.29 is 17.9 Å². The zero-order valence-corrected chi connectivity index (χ0v) is 16.0. The van der Waals surface area contributed by atoms with Gasteiger partial charge in [-0.2, -0.15) is 0 Å². The molecule has 1 amide bonds. The predicted molar refractivity (Wildman–Crippen MR) is 102 cm³/mol. The summed E-state index contributed by atoms with van der Waals surface area (Å²) in [6.45, 7) is 1.28. The van der Waals surface area contributed by atoms with Gasteiger partial charge in [0, 0.05) is 24.7 Å². The van der Waals surface area contributed by atoms with Crippen LogP contribution in [-0.4, -0.2) is 32.9 Å². The number of ether oxygens (including phenoxy) is 1. The SMILES string of the molecule is COc1ccc(S(=O)(=O)Nc2ccc3c(c2)CN(C(=O)C2CC2)CC3)cc1. The molecule has 1 aliphatic heterocycles. The summed E-state index contributed by atoms with van der Waals surface area (Å²) in [5.41, 5.74) is 2.68. The number of nitrogens with zero attached hydrogens (tertiary/aromatic N) is 1. The summed E-state index contributed by atoms with van der Waals surface area (Å²) >= 11 is 0. The van der Waals surface area contributed by atoms with E-state index in [-0.39, 0.29) is 16.7 Å². The van der Waals surface area contributed by atoms with Crippen LogP contribution in [0.3, 0.4) is 0 Å². The number of carbonyl (C=O) groups excluding carboxylic acids is 1. The number of fused-ring (bicyclic) bond motifs is 1. The Morgan fingerprint density at radius 3 is 2.52 bits per heavy atom. The van der Waals surface area contributed by atoms with Crippen LogP contribution in [0.15, 0.2) is 47.4 Å². The first-order chi connectivity index (χ1) is 13.0. The first-order valence-corrected chi connectivity index (χ1v) is 10.5. The number of rotatable bonds is 5. The molecular formula is C20H22N2O4S. The average Bonchev–Trinajstić information content (AvgIpc) is 3.52. The summed E-state index contributed by atoms with van der Waals surface area (Å²) in [4.78, 5) is 14.4. The number of sulfonamides is 1. The Balaban J connectivity index is 1.52. The van der Waals surface area contributed by atoms with Crippen molar-refractivity contribution in [3.63, 3.8) is 0 Å². The molecule has 7 heteroatoms. The second-order valence-electron chi connectivity index (χ2n) is 7.05. The van der Waals surface area contributed by atoms with E-state index in [2.05, 4.69) is 4.72 Å². The van der Waals surface area contributed by atoms with Gasteiger partial charge in [0.05, 0.1) is 12.0 Å². The Kier molecular flexibility index (Phi) is 4.55. The first kappa shape index (κ1) is 17.9. The molecule has 27 heavy (non-hydrogen) atoms.